The van der Waals surface area contributed by atoms with Gasteiger partial charge in [-0.3, -0.25) is 19.6 Å². The second-order valence-corrected chi connectivity index (χ2v) is 8.42. The third-order valence-electron chi connectivity index (χ3n) is 5.08. The Hall–Kier alpha value is -3.91. The molecule has 1 heterocycles. The zero-order chi connectivity index (χ0) is 23.0. The molecule has 0 bridgehead atoms. The van der Waals surface area contributed by atoms with E-state index in [1.165, 1.54) is 23.9 Å². The van der Waals surface area contributed by atoms with Gasteiger partial charge in [-0.1, -0.05) is 48.5 Å². The molecule has 0 spiro atoms. The Morgan fingerprint density at radius 1 is 1.00 bits per heavy atom. The molecule has 3 aromatic carbocycles. The first-order valence-electron chi connectivity index (χ1n) is 10.4. The summed E-state index contributed by atoms with van der Waals surface area (Å²) >= 11 is 1.35. The SMILES string of the molecule is O=C(CSc1ccc([N+](=O)[O-])cc1)NCc1ccccc1-c1ccc(Cn2cccn2)cc1. The fraction of sp³-hybridized carbons (Fsp3) is 0.120. The summed E-state index contributed by atoms with van der Waals surface area (Å²) in [6.07, 6.45) is 3.70. The van der Waals surface area contributed by atoms with E-state index in [4.69, 9.17) is 0 Å². The highest BCUT2D eigenvalue weighted by molar-refractivity contribution is 8.00. The van der Waals surface area contributed by atoms with Crippen LogP contribution in [-0.2, 0) is 17.9 Å². The molecule has 4 aromatic rings. The van der Waals surface area contributed by atoms with Gasteiger partial charge >= 0.3 is 0 Å². The van der Waals surface area contributed by atoms with E-state index in [1.54, 1.807) is 18.3 Å². The number of hydrogen-bond donors (Lipinski definition) is 1. The number of nitrogens with one attached hydrogen (secondary N) is 1. The molecule has 1 amide bonds. The highest BCUT2D eigenvalue weighted by atomic mass is 32.2. The average Bonchev–Trinajstić information content (AvgIpc) is 3.35. The van der Waals surface area contributed by atoms with Gasteiger partial charge in [0.1, 0.15) is 0 Å². The minimum atomic E-state index is -0.439. The second-order valence-electron chi connectivity index (χ2n) is 7.37. The van der Waals surface area contributed by atoms with Crippen LogP contribution in [0.4, 0.5) is 5.69 Å². The van der Waals surface area contributed by atoms with Crippen LogP contribution in [0.25, 0.3) is 11.1 Å². The molecule has 8 heteroatoms. The Morgan fingerprint density at radius 2 is 1.76 bits per heavy atom. The Kier molecular flexibility index (Phi) is 7.16. The van der Waals surface area contributed by atoms with E-state index in [1.807, 2.05) is 35.1 Å². The molecule has 7 nitrogen and oxygen atoms in total. The van der Waals surface area contributed by atoms with Gasteiger partial charge in [-0.15, -0.1) is 11.8 Å². The van der Waals surface area contributed by atoms with E-state index in [0.29, 0.717) is 6.54 Å². The number of thioether (sulfide) groups is 1. The molecule has 0 fully saturated rings. The predicted octanol–water partition coefficient (Wildman–Crippen LogP) is 4.92. The van der Waals surface area contributed by atoms with Crippen LogP contribution in [0.2, 0.25) is 0 Å². The van der Waals surface area contributed by atoms with E-state index < -0.39 is 4.92 Å². The molecule has 4 rings (SSSR count). The van der Waals surface area contributed by atoms with E-state index >= 15 is 0 Å². The maximum absolute atomic E-state index is 12.4. The van der Waals surface area contributed by atoms with Crippen molar-refractivity contribution in [3.8, 4) is 11.1 Å². The van der Waals surface area contributed by atoms with Crippen LogP contribution in [0, 0.1) is 10.1 Å². The number of hydrogen-bond acceptors (Lipinski definition) is 5. The number of benzene rings is 3. The summed E-state index contributed by atoms with van der Waals surface area (Å²) in [4.78, 5) is 23.5. The summed E-state index contributed by atoms with van der Waals surface area (Å²) < 4.78 is 1.88. The topological polar surface area (TPSA) is 90.1 Å². The minimum Gasteiger partial charge on any atom is -0.351 e. The van der Waals surface area contributed by atoms with Crippen molar-refractivity contribution < 1.29 is 9.72 Å². The monoisotopic (exact) mass is 458 g/mol. The van der Waals surface area contributed by atoms with Gasteiger partial charge in [-0.25, -0.2) is 0 Å². The lowest BCUT2D eigenvalue weighted by Crippen LogP contribution is -2.24. The molecule has 0 atom stereocenters. The van der Waals surface area contributed by atoms with Crippen LogP contribution in [0.5, 0.6) is 0 Å². The van der Waals surface area contributed by atoms with Crippen LogP contribution < -0.4 is 5.32 Å². The van der Waals surface area contributed by atoms with Crippen molar-refractivity contribution in [3.63, 3.8) is 0 Å². The maximum atomic E-state index is 12.4. The van der Waals surface area contributed by atoms with Crippen LogP contribution >= 0.6 is 11.8 Å². The van der Waals surface area contributed by atoms with Gasteiger partial charge in [-0.05, 0) is 40.5 Å². The molecule has 0 aliphatic carbocycles. The van der Waals surface area contributed by atoms with Gasteiger partial charge in [0.05, 0.1) is 17.2 Å². The lowest BCUT2D eigenvalue weighted by molar-refractivity contribution is -0.384. The number of carbonyl (C=O) groups is 1. The number of nitro benzene ring substituents is 1. The van der Waals surface area contributed by atoms with Crippen LogP contribution in [-0.4, -0.2) is 26.4 Å². The van der Waals surface area contributed by atoms with Crippen LogP contribution in [0.1, 0.15) is 11.1 Å². The van der Waals surface area contributed by atoms with Gasteiger partial charge in [0.2, 0.25) is 5.91 Å². The molecule has 33 heavy (non-hydrogen) atoms. The molecule has 0 aliphatic heterocycles. The molecule has 166 valence electrons. The fourth-order valence-corrected chi connectivity index (χ4v) is 4.11. The normalized spacial score (nSPS) is 10.7. The van der Waals surface area contributed by atoms with Crippen molar-refractivity contribution in [2.75, 3.05) is 5.75 Å². The van der Waals surface area contributed by atoms with Crippen molar-refractivity contribution in [1.29, 1.82) is 0 Å². The largest absolute Gasteiger partial charge is 0.351 e. The number of nitrogens with zero attached hydrogens (tertiary/aromatic N) is 3. The first-order chi connectivity index (χ1) is 16.1. The standard InChI is InChI=1S/C25H22N4O3S/c30-25(18-33-23-12-10-22(11-13-23)29(31)32)26-16-21-4-1-2-5-24(21)20-8-6-19(7-9-20)17-28-15-3-14-27-28/h1-15H,16-18H2,(H,26,30). The van der Waals surface area contributed by atoms with Crippen LogP contribution in [0.3, 0.4) is 0 Å². The van der Waals surface area contributed by atoms with E-state index in [0.717, 1.165) is 33.7 Å². The Bertz CT molecular complexity index is 1220. The van der Waals surface area contributed by atoms with Crippen molar-refractivity contribution in [1.82, 2.24) is 15.1 Å². The van der Waals surface area contributed by atoms with E-state index in [9.17, 15) is 14.9 Å². The van der Waals surface area contributed by atoms with Crippen molar-refractivity contribution >= 4 is 23.4 Å². The summed E-state index contributed by atoms with van der Waals surface area (Å²) in [5, 5.41) is 18.0. The quantitative estimate of drug-likeness (QED) is 0.219. The highest BCUT2D eigenvalue weighted by Crippen LogP contribution is 2.25. The van der Waals surface area contributed by atoms with Crippen molar-refractivity contribution in [3.05, 3.63) is 112 Å². The molecule has 0 aliphatic rings. The van der Waals surface area contributed by atoms with Crippen molar-refractivity contribution in [2.24, 2.45) is 0 Å². The molecule has 1 N–H and O–H groups in total. The lowest BCUT2D eigenvalue weighted by Gasteiger charge is -2.12. The Labute approximate surface area is 195 Å². The van der Waals surface area contributed by atoms with Gasteiger partial charge in [0.25, 0.3) is 5.69 Å². The summed E-state index contributed by atoms with van der Waals surface area (Å²) in [6, 6.07) is 24.5. The summed E-state index contributed by atoms with van der Waals surface area (Å²) in [7, 11) is 0. The molecular formula is C25H22N4O3S. The third kappa shape index (κ3) is 6.08. The highest BCUT2D eigenvalue weighted by Gasteiger charge is 2.09. The summed E-state index contributed by atoms with van der Waals surface area (Å²) in [5.74, 6) is 0.143. The average molecular weight is 459 g/mol. The van der Waals surface area contributed by atoms with Gasteiger partial charge in [-0.2, -0.15) is 5.10 Å². The summed E-state index contributed by atoms with van der Waals surface area (Å²) in [6.45, 7) is 1.14. The van der Waals surface area contributed by atoms with Gasteiger partial charge in [0.15, 0.2) is 0 Å². The third-order valence-corrected chi connectivity index (χ3v) is 6.09. The smallest absolute Gasteiger partial charge is 0.269 e. The Balaban J connectivity index is 1.34. The van der Waals surface area contributed by atoms with Crippen molar-refractivity contribution in [2.45, 2.75) is 18.0 Å². The lowest BCUT2D eigenvalue weighted by atomic mass is 9.98. The molecule has 0 radical (unpaired) electrons. The number of non-ortho nitro benzene ring substituents is 1. The summed E-state index contributed by atoms with van der Waals surface area (Å²) in [5.41, 5.74) is 4.40. The zero-order valence-corrected chi connectivity index (χ0v) is 18.6. The van der Waals surface area contributed by atoms with E-state index in [2.05, 4.69) is 40.7 Å². The predicted molar refractivity (Wildman–Crippen MR) is 129 cm³/mol. The molecule has 0 saturated carbocycles. The molecule has 0 unspecified atom stereocenters. The van der Waals surface area contributed by atoms with E-state index in [-0.39, 0.29) is 17.3 Å². The molecule has 0 saturated heterocycles. The molecule has 1 aromatic heterocycles. The van der Waals surface area contributed by atoms with Gasteiger partial charge in [0, 0.05) is 36.0 Å². The number of rotatable bonds is 9. The first kappa shape index (κ1) is 22.3. The number of amides is 1. The number of nitro groups is 1. The minimum absolute atomic E-state index is 0.0369. The first-order valence-corrected chi connectivity index (χ1v) is 11.4. The number of aromatic nitrogens is 2. The molecular weight excluding hydrogens is 436 g/mol. The maximum Gasteiger partial charge on any atom is 0.269 e. The fourth-order valence-electron chi connectivity index (χ4n) is 3.38. The van der Waals surface area contributed by atoms with Gasteiger partial charge < -0.3 is 5.32 Å². The zero-order valence-electron chi connectivity index (χ0n) is 17.8. The Morgan fingerprint density at radius 3 is 2.45 bits per heavy atom. The van der Waals surface area contributed by atoms with Crippen LogP contribution in [0.15, 0.2) is 96.2 Å². The second kappa shape index (κ2) is 10.6. The number of carbonyl (C=O) groups excluding carboxylic acids is 1.